The van der Waals surface area contributed by atoms with Crippen LogP contribution in [0.5, 0.6) is 0 Å². The lowest BCUT2D eigenvalue weighted by atomic mass is 9.98. The van der Waals surface area contributed by atoms with Crippen molar-refractivity contribution in [2.45, 2.75) is 52.0 Å². The molecule has 0 radical (unpaired) electrons. The summed E-state index contributed by atoms with van der Waals surface area (Å²) < 4.78 is 5.17. The highest BCUT2D eigenvalue weighted by molar-refractivity contribution is 6.38. The van der Waals surface area contributed by atoms with Gasteiger partial charge < -0.3 is 4.74 Å². The number of hydrazone groups is 1. The van der Waals surface area contributed by atoms with E-state index >= 15 is 0 Å². The number of aryl methyl sites for hydroxylation is 1. The first-order valence-electron chi connectivity index (χ1n) is 10.1. The standard InChI is InChI=1S/C23H26Cl2N2O2/c1-3-5-6-7-16-8-10-17(11-9-16)22-15-20(23(28)29-4-2)26-27(22)21-13-12-18(24)14-19(21)25/h8-14,22H,3-7,15H2,1-2H3. The molecule has 0 saturated carbocycles. The Labute approximate surface area is 182 Å². The summed E-state index contributed by atoms with van der Waals surface area (Å²) >= 11 is 12.5. The van der Waals surface area contributed by atoms with E-state index in [1.165, 1.54) is 24.8 Å². The maximum absolute atomic E-state index is 12.3. The third-order valence-corrected chi connectivity index (χ3v) is 5.55. The van der Waals surface area contributed by atoms with Crippen LogP contribution < -0.4 is 5.01 Å². The number of unbranched alkanes of at least 4 members (excludes halogenated alkanes) is 2. The lowest BCUT2D eigenvalue weighted by Gasteiger charge is -2.25. The van der Waals surface area contributed by atoms with Crippen LogP contribution in [0.15, 0.2) is 47.6 Å². The number of carbonyl (C=O) groups is 1. The van der Waals surface area contributed by atoms with Crippen molar-refractivity contribution in [3.05, 3.63) is 63.6 Å². The third kappa shape index (κ3) is 5.31. The van der Waals surface area contributed by atoms with Crippen LogP contribution in [0, 0.1) is 0 Å². The zero-order valence-corrected chi connectivity index (χ0v) is 18.3. The highest BCUT2D eigenvalue weighted by Crippen LogP contribution is 2.39. The molecule has 0 fully saturated rings. The Balaban J connectivity index is 1.88. The van der Waals surface area contributed by atoms with Crippen molar-refractivity contribution < 1.29 is 9.53 Å². The number of carbonyl (C=O) groups excluding carboxylic acids is 1. The average molecular weight is 433 g/mol. The van der Waals surface area contributed by atoms with Crippen LogP contribution in [0.3, 0.4) is 0 Å². The second kappa shape index (κ2) is 10.1. The summed E-state index contributed by atoms with van der Waals surface area (Å²) in [6, 6.07) is 13.7. The molecule has 0 spiro atoms. The van der Waals surface area contributed by atoms with Gasteiger partial charge in [0.1, 0.15) is 5.71 Å². The van der Waals surface area contributed by atoms with Gasteiger partial charge in [-0.15, -0.1) is 0 Å². The fourth-order valence-corrected chi connectivity index (χ4v) is 3.98. The second-order valence-corrected chi connectivity index (χ2v) is 7.97. The summed E-state index contributed by atoms with van der Waals surface area (Å²) in [6.45, 7) is 4.31. The summed E-state index contributed by atoms with van der Waals surface area (Å²) in [5, 5.41) is 7.41. The number of anilines is 1. The molecule has 3 rings (SSSR count). The van der Waals surface area contributed by atoms with E-state index in [0.29, 0.717) is 34.5 Å². The number of nitrogens with zero attached hydrogens (tertiary/aromatic N) is 2. The van der Waals surface area contributed by atoms with E-state index in [4.69, 9.17) is 27.9 Å². The van der Waals surface area contributed by atoms with E-state index in [0.717, 1.165) is 12.0 Å². The minimum atomic E-state index is -0.388. The second-order valence-electron chi connectivity index (χ2n) is 7.13. The monoisotopic (exact) mass is 432 g/mol. The first kappa shape index (κ1) is 21.7. The zero-order valence-electron chi connectivity index (χ0n) is 16.8. The van der Waals surface area contributed by atoms with Crippen molar-refractivity contribution in [1.82, 2.24) is 0 Å². The lowest BCUT2D eigenvalue weighted by molar-refractivity contribution is -0.135. The molecule has 0 aliphatic carbocycles. The van der Waals surface area contributed by atoms with E-state index in [1.807, 2.05) is 6.07 Å². The minimum Gasteiger partial charge on any atom is -0.461 e. The van der Waals surface area contributed by atoms with Gasteiger partial charge in [0.2, 0.25) is 0 Å². The minimum absolute atomic E-state index is 0.127. The van der Waals surface area contributed by atoms with Crippen molar-refractivity contribution in [3.8, 4) is 0 Å². The molecule has 154 valence electrons. The van der Waals surface area contributed by atoms with Crippen molar-refractivity contribution in [2.75, 3.05) is 11.6 Å². The van der Waals surface area contributed by atoms with Crippen molar-refractivity contribution >= 4 is 40.6 Å². The van der Waals surface area contributed by atoms with Crippen LogP contribution >= 0.6 is 23.2 Å². The summed E-state index contributed by atoms with van der Waals surface area (Å²) in [7, 11) is 0. The number of ether oxygens (including phenoxy) is 1. The SMILES string of the molecule is CCCCCc1ccc(C2CC(C(=O)OCC)=NN2c2ccc(Cl)cc2Cl)cc1. The molecular weight excluding hydrogens is 407 g/mol. The van der Waals surface area contributed by atoms with E-state index < -0.39 is 0 Å². The molecule has 4 nitrogen and oxygen atoms in total. The van der Waals surface area contributed by atoms with Gasteiger partial charge in [0.15, 0.2) is 0 Å². The van der Waals surface area contributed by atoms with E-state index in [9.17, 15) is 4.79 Å². The van der Waals surface area contributed by atoms with Gasteiger partial charge in [0.25, 0.3) is 0 Å². The number of esters is 1. The van der Waals surface area contributed by atoms with E-state index in [-0.39, 0.29) is 12.0 Å². The molecule has 2 aromatic rings. The Morgan fingerprint density at radius 2 is 1.90 bits per heavy atom. The van der Waals surface area contributed by atoms with Crippen LogP contribution in [0.25, 0.3) is 0 Å². The Bertz CT molecular complexity index is 881. The lowest BCUT2D eigenvalue weighted by Crippen LogP contribution is -2.19. The Hall–Kier alpha value is -2.04. The number of rotatable bonds is 8. The van der Waals surface area contributed by atoms with Crippen LogP contribution in [0.4, 0.5) is 5.69 Å². The molecular formula is C23H26Cl2N2O2. The zero-order chi connectivity index (χ0) is 20.8. The van der Waals surface area contributed by atoms with Gasteiger partial charge in [-0.3, -0.25) is 5.01 Å². The van der Waals surface area contributed by atoms with Gasteiger partial charge in [-0.1, -0.05) is 67.2 Å². The predicted molar refractivity (Wildman–Crippen MR) is 120 cm³/mol. The molecule has 1 heterocycles. The van der Waals surface area contributed by atoms with Crippen molar-refractivity contribution in [2.24, 2.45) is 5.10 Å². The average Bonchev–Trinajstić information content (AvgIpc) is 3.14. The molecule has 6 heteroatoms. The molecule has 0 N–H and O–H groups in total. The fraction of sp³-hybridized carbons (Fsp3) is 0.391. The molecule has 0 aromatic heterocycles. The molecule has 1 atom stereocenters. The number of hydrogen-bond donors (Lipinski definition) is 0. The van der Waals surface area contributed by atoms with Gasteiger partial charge in [-0.05, 0) is 49.1 Å². The van der Waals surface area contributed by atoms with Crippen LogP contribution in [0.1, 0.15) is 56.7 Å². The highest BCUT2D eigenvalue weighted by Gasteiger charge is 2.34. The molecule has 0 bridgehead atoms. The number of halogens is 2. The summed E-state index contributed by atoms with van der Waals surface area (Å²) in [4.78, 5) is 12.3. The van der Waals surface area contributed by atoms with Gasteiger partial charge in [-0.2, -0.15) is 5.10 Å². The molecule has 1 aliphatic heterocycles. The van der Waals surface area contributed by atoms with Crippen molar-refractivity contribution in [1.29, 1.82) is 0 Å². The van der Waals surface area contributed by atoms with E-state index in [1.54, 1.807) is 24.1 Å². The van der Waals surface area contributed by atoms with Gasteiger partial charge in [0.05, 0.1) is 23.4 Å². The summed E-state index contributed by atoms with van der Waals surface area (Å²) in [5.41, 5.74) is 3.52. The van der Waals surface area contributed by atoms with Crippen molar-refractivity contribution in [3.63, 3.8) is 0 Å². The Morgan fingerprint density at radius 1 is 1.14 bits per heavy atom. The van der Waals surface area contributed by atoms with Crippen LogP contribution in [0.2, 0.25) is 10.0 Å². The smallest absolute Gasteiger partial charge is 0.354 e. The molecule has 1 aliphatic rings. The fourth-order valence-electron chi connectivity index (χ4n) is 3.48. The Morgan fingerprint density at radius 3 is 2.55 bits per heavy atom. The van der Waals surface area contributed by atoms with E-state index in [2.05, 4.69) is 36.3 Å². The first-order valence-corrected chi connectivity index (χ1v) is 10.9. The normalized spacial score (nSPS) is 16.1. The summed E-state index contributed by atoms with van der Waals surface area (Å²) in [5.74, 6) is -0.388. The quantitative estimate of drug-likeness (QED) is 0.348. The van der Waals surface area contributed by atoms with Gasteiger partial charge in [-0.25, -0.2) is 4.79 Å². The molecule has 29 heavy (non-hydrogen) atoms. The highest BCUT2D eigenvalue weighted by atomic mass is 35.5. The number of hydrogen-bond acceptors (Lipinski definition) is 4. The number of benzene rings is 2. The topological polar surface area (TPSA) is 41.9 Å². The maximum Gasteiger partial charge on any atom is 0.354 e. The molecule has 1 unspecified atom stereocenters. The third-order valence-electron chi connectivity index (χ3n) is 5.01. The Kier molecular flexibility index (Phi) is 7.57. The van der Waals surface area contributed by atoms with Gasteiger partial charge >= 0.3 is 5.97 Å². The summed E-state index contributed by atoms with van der Waals surface area (Å²) in [6.07, 6.45) is 5.19. The molecule has 2 aromatic carbocycles. The molecule has 0 amide bonds. The maximum atomic E-state index is 12.3. The first-order chi connectivity index (χ1) is 14.0. The van der Waals surface area contributed by atoms with Crippen LogP contribution in [-0.4, -0.2) is 18.3 Å². The van der Waals surface area contributed by atoms with Gasteiger partial charge in [0, 0.05) is 11.4 Å². The van der Waals surface area contributed by atoms with Crippen LogP contribution in [-0.2, 0) is 16.0 Å². The predicted octanol–water partition coefficient (Wildman–Crippen LogP) is 6.60. The largest absolute Gasteiger partial charge is 0.461 e. The molecule has 0 saturated heterocycles.